The van der Waals surface area contributed by atoms with Gasteiger partial charge in [0.05, 0.1) is 11.0 Å². The molecule has 1 unspecified atom stereocenters. The molecule has 2 fully saturated rings. The monoisotopic (exact) mass is 487 g/mol. The number of fused-ring (bicyclic) bond motifs is 2. The van der Waals surface area contributed by atoms with Crippen molar-refractivity contribution in [2.45, 2.75) is 11.8 Å². The van der Waals surface area contributed by atoms with Gasteiger partial charge in [0.25, 0.3) is 0 Å². The third-order valence-corrected chi connectivity index (χ3v) is 10.1. The van der Waals surface area contributed by atoms with Crippen LogP contribution in [0.1, 0.15) is 5.56 Å². The molecular weight excluding hydrogens is 458 g/mol. The summed E-state index contributed by atoms with van der Waals surface area (Å²) in [6, 6.07) is 11.5. The lowest BCUT2D eigenvalue weighted by Crippen LogP contribution is -2.44. The summed E-state index contributed by atoms with van der Waals surface area (Å²) in [6.45, 7) is 11.1. The van der Waals surface area contributed by atoms with Crippen molar-refractivity contribution in [3.63, 3.8) is 0 Å². The lowest BCUT2D eigenvalue weighted by Gasteiger charge is -2.35. The van der Waals surface area contributed by atoms with Crippen LogP contribution in [0, 0.1) is 11.4 Å². The summed E-state index contributed by atoms with van der Waals surface area (Å²) in [5, 5.41) is 1.11. The summed E-state index contributed by atoms with van der Waals surface area (Å²) in [5.41, 5.74) is 5.08. The zero-order valence-electron chi connectivity index (χ0n) is 18.1. The molecule has 0 aromatic heterocycles. The average Bonchev–Trinajstić information content (AvgIpc) is 2.75. The van der Waals surface area contributed by atoms with E-state index in [4.69, 9.17) is 4.99 Å². The molecule has 5 nitrogen and oxygen atoms in total. The van der Waals surface area contributed by atoms with Gasteiger partial charge in [-0.2, -0.15) is 0 Å². The molecular formula is C23H30BrN5S. The van der Waals surface area contributed by atoms with Gasteiger partial charge in [-0.1, -0.05) is 8.92 Å². The largest absolute Gasteiger partial charge is 0.369 e. The molecule has 5 rings (SSSR count). The Kier molecular flexibility index (Phi) is 5.64. The molecule has 0 radical (unpaired) electrons. The van der Waals surface area contributed by atoms with Gasteiger partial charge in [-0.25, -0.2) is 4.99 Å². The number of hydrogen-bond donors (Lipinski definition) is 0. The number of hydrogen-bond acceptors (Lipinski definition) is 5. The zero-order chi connectivity index (χ0) is 20.8. The SMILES string of the molecule is Cc1cc(N2CCN(C)CC2)cc2c1N=c1ccc(N3CCN(C)CC3)cc1=S2Br. The molecule has 0 saturated carbocycles. The predicted molar refractivity (Wildman–Crippen MR) is 131 cm³/mol. The number of likely N-dealkylation sites (N-methyl/N-ethyl adjacent to an activating group) is 2. The molecule has 0 spiro atoms. The maximum atomic E-state index is 5.08. The molecule has 3 aliphatic heterocycles. The highest BCUT2D eigenvalue weighted by molar-refractivity contribution is 9.52. The fourth-order valence-electron chi connectivity index (χ4n) is 4.49. The van der Waals surface area contributed by atoms with Gasteiger partial charge >= 0.3 is 0 Å². The van der Waals surface area contributed by atoms with Crippen LogP contribution < -0.4 is 15.2 Å². The number of anilines is 2. The van der Waals surface area contributed by atoms with Crippen molar-refractivity contribution in [2.24, 2.45) is 4.99 Å². The molecule has 2 aromatic rings. The van der Waals surface area contributed by atoms with E-state index in [-0.39, 0.29) is 8.92 Å². The zero-order valence-corrected chi connectivity index (χ0v) is 20.5. The van der Waals surface area contributed by atoms with Gasteiger partial charge in [0.1, 0.15) is 0 Å². The third kappa shape index (κ3) is 3.81. The maximum Gasteiger partial charge on any atom is 0.0807 e. The molecule has 3 aliphatic rings. The maximum absolute atomic E-state index is 5.08. The van der Waals surface area contributed by atoms with Crippen molar-refractivity contribution < 1.29 is 0 Å². The highest BCUT2D eigenvalue weighted by Crippen LogP contribution is 2.47. The minimum Gasteiger partial charge on any atom is -0.369 e. The standard InChI is InChI=1S/C23H30BrN5S/c1-17-14-19(29-12-8-27(3)9-13-29)16-22-23(17)25-20-5-4-18(15-21(20)30(22)24)28-10-6-26(2)7-11-28/h4-5,14-16H,6-13H2,1-3H3. The van der Waals surface area contributed by atoms with Gasteiger partial charge in [0.15, 0.2) is 0 Å². The van der Waals surface area contributed by atoms with E-state index in [0.29, 0.717) is 0 Å². The predicted octanol–water partition coefficient (Wildman–Crippen LogP) is 3.65. The second-order valence-corrected chi connectivity index (χ2v) is 12.0. The fraction of sp³-hybridized carbons (Fsp3) is 0.478. The molecule has 0 bridgehead atoms. The van der Waals surface area contributed by atoms with Crippen LogP contribution in [0.15, 0.2) is 40.2 Å². The quantitative estimate of drug-likeness (QED) is 0.603. The Bertz CT molecular complexity index is 1090. The smallest absolute Gasteiger partial charge is 0.0807 e. The number of piperazine rings is 2. The first-order valence-electron chi connectivity index (χ1n) is 10.8. The number of aryl methyl sites for hydroxylation is 1. The summed E-state index contributed by atoms with van der Waals surface area (Å²) in [6.07, 6.45) is 0. The van der Waals surface area contributed by atoms with Crippen LogP contribution in [0.5, 0.6) is 0 Å². The molecule has 1 atom stereocenters. The Labute approximate surface area is 189 Å². The normalized spacial score (nSPS) is 22.5. The van der Waals surface area contributed by atoms with Crippen molar-refractivity contribution in [3.8, 4) is 0 Å². The van der Waals surface area contributed by atoms with Crippen molar-refractivity contribution >= 4 is 40.8 Å². The average molecular weight is 488 g/mol. The van der Waals surface area contributed by atoms with E-state index in [1.807, 2.05) is 0 Å². The molecule has 0 aliphatic carbocycles. The molecule has 2 aromatic carbocycles. The van der Waals surface area contributed by atoms with Gasteiger partial charge in [0.2, 0.25) is 0 Å². The summed E-state index contributed by atoms with van der Waals surface area (Å²) >= 11 is 4.07. The van der Waals surface area contributed by atoms with Gasteiger partial charge in [-0.05, 0) is 71.7 Å². The van der Waals surface area contributed by atoms with Crippen LogP contribution >= 0.6 is 23.7 Å². The number of nitrogens with zero attached hydrogens (tertiary/aromatic N) is 5. The molecule has 30 heavy (non-hydrogen) atoms. The lowest BCUT2D eigenvalue weighted by molar-refractivity contribution is 0.313. The van der Waals surface area contributed by atoms with Crippen molar-refractivity contribution in [1.82, 2.24) is 9.80 Å². The van der Waals surface area contributed by atoms with Gasteiger partial charge < -0.3 is 19.6 Å². The summed E-state index contributed by atoms with van der Waals surface area (Å²) in [7, 11) is 4.26. The second kappa shape index (κ2) is 8.26. The Balaban J connectivity index is 1.54. The van der Waals surface area contributed by atoms with Crippen LogP contribution in [-0.2, 0) is 0 Å². The van der Waals surface area contributed by atoms with E-state index >= 15 is 0 Å². The van der Waals surface area contributed by atoms with Gasteiger partial charge in [0, 0.05) is 73.1 Å². The van der Waals surface area contributed by atoms with Crippen molar-refractivity contribution in [1.29, 1.82) is 0 Å². The highest BCUT2D eigenvalue weighted by Gasteiger charge is 2.21. The Morgan fingerprint density at radius 2 is 1.40 bits per heavy atom. The van der Waals surface area contributed by atoms with Gasteiger partial charge in [-0.3, -0.25) is 0 Å². The molecule has 0 amide bonds. The fourth-order valence-corrected chi connectivity index (χ4v) is 7.37. The van der Waals surface area contributed by atoms with E-state index in [1.165, 1.54) is 26.3 Å². The van der Waals surface area contributed by atoms with E-state index in [2.05, 4.69) is 85.8 Å². The topological polar surface area (TPSA) is 25.3 Å². The van der Waals surface area contributed by atoms with E-state index in [9.17, 15) is 0 Å². The molecule has 160 valence electrons. The van der Waals surface area contributed by atoms with Crippen LogP contribution in [0.2, 0.25) is 0 Å². The minimum atomic E-state index is -0.149. The number of rotatable bonds is 2. The molecule has 0 N–H and O–H groups in total. The van der Waals surface area contributed by atoms with Crippen molar-refractivity contribution in [2.75, 3.05) is 76.3 Å². The Morgan fingerprint density at radius 1 is 0.800 bits per heavy atom. The summed E-state index contributed by atoms with van der Waals surface area (Å²) in [5.74, 6) is 0. The lowest BCUT2D eigenvalue weighted by atomic mass is 10.1. The van der Waals surface area contributed by atoms with Crippen LogP contribution in [-0.4, -0.2) is 76.3 Å². The van der Waals surface area contributed by atoms with Gasteiger partial charge in [-0.15, -0.1) is 0 Å². The van der Waals surface area contributed by atoms with E-state index in [0.717, 1.165) is 63.4 Å². The highest BCUT2D eigenvalue weighted by atomic mass is 79.9. The third-order valence-electron chi connectivity index (χ3n) is 6.55. The van der Waals surface area contributed by atoms with E-state index < -0.39 is 0 Å². The summed E-state index contributed by atoms with van der Waals surface area (Å²) in [4.78, 5) is 16.2. The first-order chi connectivity index (χ1) is 14.5. The Hall–Kier alpha value is -1.41. The van der Waals surface area contributed by atoms with Crippen LogP contribution in [0.4, 0.5) is 17.1 Å². The minimum absolute atomic E-state index is 0.149. The number of benzene rings is 2. The first-order valence-corrected chi connectivity index (χ1v) is 13.8. The van der Waals surface area contributed by atoms with E-state index in [1.54, 1.807) is 0 Å². The van der Waals surface area contributed by atoms with Crippen LogP contribution in [0.25, 0.3) is 0 Å². The molecule has 2 saturated heterocycles. The second-order valence-electron chi connectivity index (χ2n) is 8.71. The molecule has 3 heterocycles. The number of halogens is 1. The first kappa shape index (κ1) is 20.5. The molecule has 7 heteroatoms. The Morgan fingerprint density at radius 3 is 2.03 bits per heavy atom. The van der Waals surface area contributed by atoms with Crippen LogP contribution in [0.3, 0.4) is 0 Å². The van der Waals surface area contributed by atoms with Crippen molar-refractivity contribution in [3.05, 3.63) is 45.8 Å². The summed E-state index contributed by atoms with van der Waals surface area (Å²) < 4.78 is 1.31.